The summed E-state index contributed by atoms with van der Waals surface area (Å²) >= 11 is 0. The normalized spacial score (nSPS) is 39.9. The highest BCUT2D eigenvalue weighted by Gasteiger charge is 2.28. The van der Waals surface area contributed by atoms with E-state index in [9.17, 15) is 0 Å². The zero-order chi connectivity index (χ0) is 9.10. The van der Waals surface area contributed by atoms with Crippen LogP contribution in [0.25, 0.3) is 0 Å². The molecule has 1 unspecified atom stereocenters. The van der Waals surface area contributed by atoms with Crippen molar-refractivity contribution in [3.8, 4) is 0 Å². The molecule has 13 heavy (non-hydrogen) atoms. The topological polar surface area (TPSA) is 44.3 Å². The van der Waals surface area contributed by atoms with Gasteiger partial charge in [-0.2, -0.15) is 0 Å². The molecule has 1 saturated carbocycles. The fourth-order valence-electron chi connectivity index (χ4n) is 2.57. The Bertz CT molecular complexity index is 157. The van der Waals surface area contributed by atoms with E-state index in [0.717, 1.165) is 13.1 Å². The van der Waals surface area contributed by atoms with Gasteiger partial charge in [0.15, 0.2) is 0 Å². The second-order valence-electron chi connectivity index (χ2n) is 4.34. The van der Waals surface area contributed by atoms with Crippen molar-refractivity contribution >= 4 is 0 Å². The summed E-state index contributed by atoms with van der Waals surface area (Å²) in [6.07, 6.45) is 4.98. The smallest absolute Gasteiger partial charge is 0.0474 e. The molecule has 3 N–H and O–H groups in total. The molecule has 2 aliphatic rings. The molecule has 1 saturated heterocycles. The Morgan fingerprint density at radius 1 is 1.31 bits per heavy atom. The Balaban J connectivity index is 1.79. The molecule has 1 aliphatic carbocycles. The molecule has 2 fully saturated rings. The van der Waals surface area contributed by atoms with E-state index in [2.05, 4.69) is 10.6 Å². The van der Waals surface area contributed by atoms with Crippen LogP contribution in [0.1, 0.15) is 25.7 Å². The van der Waals surface area contributed by atoms with Crippen LogP contribution in [0.5, 0.6) is 0 Å². The maximum Gasteiger partial charge on any atom is 0.0474 e. The summed E-state index contributed by atoms with van der Waals surface area (Å²) in [5.74, 6) is 0.514. The third kappa shape index (κ3) is 2.22. The number of rotatable bonds is 3. The Labute approximate surface area is 79.9 Å². The van der Waals surface area contributed by atoms with Gasteiger partial charge >= 0.3 is 0 Å². The van der Waals surface area contributed by atoms with Gasteiger partial charge in [-0.05, 0) is 31.7 Å². The van der Waals surface area contributed by atoms with Crippen LogP contribution in [0, 0.1) is 5.92 Å². The Hall–Kier alpha value is -0.120. The molecule has 3 atom stereocenters. The first-order valence-corrected chi connectivity index (χ1v) is 5.48. The summed E-state index contributed by atoms with van der Waals surface area (Å²) in [5, 5.41) is 16.2. The van der Waals surface area contributed by atoms with Crippen molar-refractivity contribution < 1.29 is 5.11 Å². The minimum atomic E-state index is 0.359. The van der Waals surface area contributed by atoms with Gasteiger partial charge in [0, 0.05) is 25.2 Å². The summed E-state index contributed by atoms with van der Waals surface area (Å²) in [7, 11) is 0. The molecule has 0 aromatic carbocycles. The van der Waals surface area contributed by atoms with E-state index in [-0.39, 0.29) is 0 Å². The predicted molar refractivity (Wildman–Crippen MR) is 52.6 cm³/mol. The van der Waals surface area contributed by atoms with Crippen LogP contribution in [0.2, 0.25) is 0 Å². The second-order valence-corrected chi connectivity index (χ2v) is 4.34. The van der Waals surface area contributed by atoms with Crippen molar-refractivity contribution in [2.45, 2.75) is 37.8 Å². The average Bonchev–Trinajstić information content (AvgIpc) is 2.76. The minimum Gasteiger partial charge on any atom is -0.396 e. The molecule has 0 aromatic rings. The van der Waals surface area contributed by atoms with Gasteiger partial charge in [-0.15, -0.1) is 0 Å². The first-order chi connectivity index (χ1) is 6.40. The maximum atomic E-state index is 9.15. The van der Waals surface area contributed by atoms with Gasteiger partial charge in [0.05, 0.1) is 0 Å². The number of nitrogens with one attached hydrogen (secondary N) is 2. The van der Waals surface area contributed by atoms with Crippen LogP contribution in [-0.2, 0) is 0 Å². The van der Waals surface area contributed by atoms with Crippen molar-refractivity contribution in [2.75, 3.05) is 19.7 Å². The predicted octanol–water partition coefficient (Wildman–Crippen LogP) is 0.0989. The van der Waals surface area contributed by atoms with Gasteiger partial charge in [0.25, 0.3) is 0 Å². The van der Waals surface area contributed by atoms with Gasteiger partial charge in [-0.25, -0.2) is 0 Å². The Morgan fingerprint density at radius 3 is 2.92 bits per heavy atom. The molecule has 3 heteroatoms. The molecule has 1 aliphatic heterocycles. The van der Waals surface area contributed by atoms with E-state index in [1.807, 2.05) is 0 Å². The van der Waals surface area contributed by atoms with Gasteiger partial charge in [0.1, 0.15) is 0 Å². The van der Waals surface area contributed by atoms with E-state index < -0.39 is 0 Å². The van der Waals surface area contributed by atoms with Gasteiger partial charge in [-0.1, -0.05) is 6.42 Å². The minimum absolute atomic E-state index is 0.359. The van der Waals surface area contributed by atoms with E-state index in [1.54, 1.807) is 0 Å². The molecule has 0 spiro atoms. The molecule has 2 rings (SSSR count). The molecule has 0 radical (unpaired) electrons. The average molecular weight is 184 g/mol. The van der Waals surface area contributed by atoms with Gasteiger partial charge < -0.3 is 15.7 Å². The zero-order valence-corrected chi connectivity index (χ0v) is 8.13. The quantitative estimate of drug-likeness (QED) is 0.583. The number of hydrogen-bond acceptors (Lipinski definition) is 3. The SMILES string of the molecule is OC[C@@H]1CCC[C@@H]1NC1CCNC1. The first-order valence-electron chi connectivity index (χ1n) is 5.48. The fourth-order valence-corrected chi connectivity index (χ4v) is 2.57. The Morgan fingerprint density at radius 2 is 2.23 bits per heavy atom. The van der Waals surface area contributed by atoms with E-state index in [1.165, 1.54) is 25.7 Å². The van der Waals surface area contributed by atoms with Crippen molar-refractivity contribution in [2.24, 2.45) is 5.92 Å². The van der Waals surface area contributed by atoms with Crippen LogP contribution >= 0.6 is 0 Å². The highest BCUT2D eigenvalue weighted by Crippen LogP contribution is 2.25. The summed E-state index contributed by atoms with van der Waals surface area (Å²) in [6, 6.07) is 1.23. The van der Waals surface area contributed by atoms with E-state index in [0.29, 0.717) is 24.6 Å². The van der Waals surface area contributed by atoms with Crippen molar-refractivity contribution in [3.05, 3.63) is 0 Å². The highest BCUT2D eigenvalue weighted by atomic mass is 16.3. The summed E-state index contributed by atoms with van der Waals surface area (Å²) in [6.45, 7) is 2.61. The van der Waals surface area contributed by atoms with Crippen molar-refractivity contribution in [1.82, 2.24) is 10.6 Å². The van der Waals surface area contributed by atoms with Crippen LogP contribution < -0.4 is 10.6 Å². The standard InChI is InChI=1S/C10H20N2O/c13-7-8-2-1-3-10(8)12-9-4-5-11-6-9/h8-13H,1-7H2/t8-,9?,10-/m0/s1. The maximum absolute atomic E-state index is 9.15. The lowest BCUT2D eigenvalue weighted by Crippen LogP contribution is -2.42. The number of aliphatic hydroxyl groups excluding tert-OH is 1. The molecular formula is C10H20N2O. The largest absolute Gasteiger partial charge is 0.396 e. The lowest BCUT2D eigenvalue weighted by molar-refractivity contribution is 0.200. The molecular weight excluding hydrogens is 164 g/mol. The molecule has 3 nitrogen and oxygen atoms in total. The highest BCUT2D eigenvalue weighted by molar-refractivity contribution is 4.88. The van der Waals surface area contributed by atoms with Crippen LogP contribution in [0.4, 0.5) is 0 Å². The number of aliphatic hydroxyl groups is 1. The Kier molecular flexibility index (Phi) is 3.19. The summed E-state index contributed by atoms with van der Waals surface area (Å²) in [4.78, 5) is 0. The van der Waals surface area contributed by atoms with E-state index in [4.69, 9.17) is 5.11 Å². The summed E-state index contributed by atoms with van der Waals surface area (Å²) < 4.78 is 0. The zero-order valence-electron chi connectivity index (χ0n) is 8.13. The lowest BCUT2D eigenvalue weighted by Gasteiger charge is -2.22. The second kappa shape index (κ2) is 4.40. The van der Waals surface area contributed by atoms with Crippen LogP contribution in [0.15, 0.2) is 0 Å². The van der Waals surface area contributed by atoms with E-state index >= 15 is 0 Å². The molecule has 1 heterocycles. The summed E-state index contributed by atoms with van der Waals surface area (Å²) in [5.41, 5.74) is 0. The van der Waals surface area contributed by atoms with Gasteiger partial charge in [0.2, 0.25) is 0 Å². The van der Waals surface area contributed by atoms with Crippen LogP contribution in [0.3, 0.4) is 0 Å². The fraction of sp³-hybridized carbons (Fsp3) is 1.00. The molecule has 0 aromatic heterocycles. The molecule has 0 amide bonds. The van der Waals surface area contributed by atoms with Crippen LogP contribution in [-0.4, -0.2) is 36.9 Å². The third-order valence-electron chi connectivity index (χ3n) is 3.40. The number of hydrogen-bond donors (Lipinski definition) is 3. The van der Waals surface area contributed by atoms with Crippen molar-refractivity contribution in [1.29, 1.82) is 0 Å². The van der Waals surface area contributed by atoms with Gasteiger partial charge in [-0.3, -0.25) is 0 Å². The monoisotopic (exact) mass is 184 g/mol. The third-order valence-corrected chi connectivity index (χ3v) is 3.40. The first kappa shape index (κ1) is 9.44. The molecule has 76 valence electrons. The lowest BCUT2D eigenvalue weighted by atomic mass is 10.0. The van der Waals surface area contributed by atoms with Crippen molar-refractivity contribution in [3.63, 3.8) is 0 Å². The molecule has 0 bridgehead atoms.